The van der Waals surface area contributed by atoms with Gasteiger partial charge in [0.2, 0.25) is 5.91 Å². The lowest BCUT2D eigenvalue weighted by atomic mass is 9.49. The summed E-state index contributed by atoms with van der Waals surface area (Å²) in [5.74, 6) is 2.87. The minimum absolute atomic E-state index is 0.00243. The Morgan fingerprint density at radius 3 is 2.45 bits per heavy atom. The standard InChI is InChI=1S/C16H22N2OS/c19-15(18-2-1-14-9-17-10-20-14)16-6-11-3-12(7-16)5-13(4-11)8-16/h9-13H,1-8H2,(H,18,19). The SMILES string of the molecule is O=C(NCCc1cncs1)C12CC3CC(CC(C3)C1)C2. The van der Waals surface area contributed by atoms with Gasteiger partial charge in [0.1, 0.15) is 0 Å². The quantitative estimate of drug-likeness (QED) is 0.926. The number of thiazole rings is 1. The van der Waals surface area contributed by atoms with Gasteiger partial charge in [0.25, 0.3) is 0 Å². The second kappa shape index (κ2) is 4.83. The Bertz CT molecular complexity index is 461. The molecule has 0 aromatic carbocycles. The van der Waals surface area contributed by atoms with E-state index in [0.717, 1.165) is 50.0 Å². The zero-order valence-electron chi connectivity index (χ0n) is 11.8. The molecule has 4 aliphatic carbocycles. The van der Waals surface area contributed by atoms with Crippen molar-refractivity contribution in [1.82, 2.24) is 10.3 Å². The summed E-state index contributed by atoms with van der Waals surface area (Å²) < 4.78 is 0. The largest absolute Gasteiger partial charge is 0.355 e. The van der Waals surface area contributed by atoms with Crippen LogP contribution >= 0.6 is 11.3 Å². The first-order valence-corrected chi connectivity index (χ1v) is 8.77. The fourth-order valence-electron chi connectivity index (χ4n) is 5.24. The van der Waals surface area contributed by atoms with Gasteiger partial charge < -0.3 is 5.32 Å². The summed E-state index contributed by atoms with van der Waals surface area (Å²) in [5, 5.41) is 3.22. The maximum Gasteiger partial charge on any atom is 0.226 e. The molecule has 1 amide bonds. The average molecular weight is 290 g/mol. The summed E-state index contributed by atoms with van der Waals surface area (Å²) >= 11 is 1.67. The van der Waals surface area contributed by atoms with Crippen molar-refractivity contribution in [3.63, 3.8) is 0 Å². The highest BCUT2D eigenvalue weighted by atomic mass is 32.1. The highest BCUT2D eigenvalue weighted by Crippen LogP contribution is 2.60. The van der Waals surface area contributed by atoms with E-state index < -0.39 is 0 Å². The average Bonchev–Trinajstić information content (AvgIpc) is 2.90. The number of carbonyl (C=O) groups excluding carboxylic acids is 1. The maximum absolute atomic E-state index is 12.7. The van der Waals surface area contributed by atoms with Crippen LogP contribution in [-0.2, 0) is 11.2 Å². The number of nitrogens with one attached hydrogen (secondary N) is 1. The van der Waals surface area contributed by atoms with Crippen LogP contribution < -0.4 is 5.32 Å². The lowest BCUT2D eigenvalue weighted by Crippen LogP contribution is -2.53. The van der Waals surface area contributed by atoms with E-state index in [9.17, 15) is 4.79 Å². The Kier molecular flexibility index (Phi) is 3.09. The molecular weight excluding hydrogens is 268 g/mol. The van der Waals surface area contributed by atoms with Gasteiger partial charge in [-0.05, 0) is 56.3 Å². The van der Waals surface area contributed by atoms with Crippen LogP contribution in [0.15, 0.2) is 11.7 Å². The molecule has 0 spiro atoms. The molecule has 0 radical (unpaired) electrons. The van der Waals surface area contributed by atoms with Crippen molar-refractivity contribution >= 4 is 17.2 Å². The third-order valence-corrected chi connectivity index (χ3v) is 6.50. The molecule has 4 heteroatoms. The van der Waals surface area contributed by atoms with Crippen LogP contribution in [0.5, 0.6) is 0 Å². The van der Waals surface area contributed by atoms with Crippen LogP contribution in [0.25, 0.3) is 0 Å². The first kappa shape index (κ1) is 12.8. The highest BCUT2D eigenvalue weighted by Gasteiger charge is 2.54. The summed E-state index contributed by atoms with van der Waals surface area (Å²) in [6.07, 6.45) is 10.5. The predicted molar refractivity (Wildman–Crippen MR) is 79.4 cm³/mol. The molecule has 5 rings (SSSR count). The lowest BCUT2D eigenvalue weighted by molar-refractivity contribution is -0.146. The minimum Gasteiger partial charge on any atom is -0.355 e. The summed E-state index contributed by atoms with van der Waals surface area (Å²) in [4.78, 5) is 18.0. The molecule has 1 heterocycles. The van der Waals surface area contributed by atoms with Gasteiger partial charge >= 0.3 is 0 Å². The van der Waals surface area contributed by atoms with E-state index in [-0.39, 0.29) is 5.41 Å². The van der Waals surface area contributed by atoms with Crippen LogP contribution in [0.4, 0.5) is 0 Å². The van der Waals surface area contributed by atoms with Gasteiger partial charge in [-0.25, -0.2) is 0 Å². The molecule has 1 N–H and O–H groups in total. The fraction of sp³-hybridized carbons (Fsp3) is 0.750. The van der Waals surface area contributed by atoms with Crippen LogP contribution in [0.2, 0.25) is 0 Å². The maximum atomic E-state index is 12.7. The minimum atomic E-state index is 0.00243. The number of hydrogen-bond acceptors (Lipinski definition) is 3. The van der Waals surface area contributed by atoms with Crippen LogP contribution in [0.3, 0.4) is 0 Å². The number of amides is 1. The van der Waals surface area contributed by atoms with E-state index in [1.54, 1.807) is 11.3 Å². The molecule has 4 aliphatic rings. The Hall–Kier alpha value is -0.900. The zero-order chi connectivity index (χ0) is 13.6. The molecule has 4 bridgehead atoms. The Morgan fingerprint density at radius 1 is 1.25 bits per heavy atom. The summed E-state index contributed by atoms with van der Waals surface area (Å²) in [6, 6.07) is 0. The summed E-state index contributed by atoms with van der Waals surface area (Å²) in [7, 11) is 0. The number of rotatable bonds is 4. The first-order valence-electron chi connectivity index (χ1n) is 7.89. The summed E-state index contributed by atoms with van der Waals surface area (Å²) in [6.45, 7) is 0.767. The Balaban J connectivity index is 1.38. The van der Waals surface area contributed by atoms with Gasteiger partial charge in [0.05, 0.1) is 5.51 Å². The fourth-order valence-corrected chi connectivity index (χ4v) is 5.84. The third kappa shape index (κ3) is 2.18. The zero-order valence-corrected chi connectivity index (χ0v) is 12.6. The third-order valence-electron chi connectivity index (χ3n) is 5.66. The van der Waals surface area contributed by atoms with Crippen molar-refractivity contribution in [2.45, 2.75) is 44.9 Å². The van der Waals surface area contributed by atoms with Gasteiger partial charge in [0.15, 0.2) is 0 Å². The van der Waals surface area contributed by atoms with Crippen molar-refractivity contribution in [1.29, 1.82) is 0 Å². The van der Waals surface area contributed by atoms with E-state index in [4.69, 9.17) is 0 Å². The van der Waals surface area contributed by atoms with E-state index in [1.807, 2.05) is 11.7 Å². The van der Waals surface area contributed by atoms with E-state index >= 15 is 0 Å². The van der Waals surface area contributed by atoms with Gasteiger partial charge in [-0.1, -0.05) is 0 Å². The highest BCUT2D eigenvalue weighted by molar-refractivity contribution is 7.09. The smallest absolute Gasteiger partial charge is 0.226 e. The first-order chi connectivity index (χ1) is 9.73. The molecule has 4 saturated carbocycles. The van der Waals surface area contributed by atoms with E-state index in [1.165, 1.54) is 24.1 Å². The van der Waals surface area contributed by atoms with E-state index in [2.05, 4.69) is 10.3 Å². The van der Waals surface area contributed by atoms with Crippen LogP contribution in [-0.4, -0.2) is 17.4 Å². The molecule has 1 aromatic rings. The van der Waals surface area contributed by atoms with Crippen LogP contribution in [0, 0.1) is 23.2 Å². The normalized spacial score (nSPS) is 38.1. The van der Waals surface area contributed by atoms with Crippen molar-refractivity contribution < 1.29 is 4.79 Å². The predicted octanol–water partition coefficient (Wildman–Crippen LogP) is 3.02. The van der Waals surface area contributed by atoms with Gasteiger partial charge in [-0.15, -0.1) is 11.3 Å². The molecule has 0 atom stereocenters. The van der Waals surface area contributed by atoms with E-state index in [0.29, 0.717) is 5.91 Å². The van der Waals surface area contributed by atoms with Gasteiger partial charge in [-0.3, -0.25) is 9.78 Å². The molecule has 20 heavy (non-hydrogen) atoms. The number of hydrogen-bond donors (Lipinski definition) is 1. The van der Waals surface area contributed by atoms with Crippen molar-refractivity contribution in [2.24, 2.45) is 23.2 Å². The van der Waals surface area contributed by atoms with Gasteiger partial charge in [0, 0.05) is 29.5 Å². The molecular formula is C16H22N2OS. The molecule has 1 aromatic heterocycles. The van der Waals surface area contributed by atoms with Crippen molar-refractivity contribution in [3.05, 3.63) is 16.6 Å². The molecule has 0 unspecified atom stereocenters. The molecule has 0 aliphatic heterocycles. The van der Waals surface area contributed by atoms with Gasteiger partial charge in [-0.2, -0.15) is 0 Å². The number of nitrogens with zero attached hydrogens (tertiary/aromatic N) is 1. The second-order valence-corrected chi connectivity index (χ2v) is 8.14. The summed E-state index contributed by atoms with van der Waals surface area (Å²) in [5.41, 5.74) is 1.86. The molecule has 3 nitrogen and oxygen atoms in total. The number of carbonyl (C=O) groups is 1. The second-order valence-electron chi connectivity index (χ2n) is 7.17. The topological polar surface area (TPSA) is 42.0 Å². The van der Waals surface area contributed by atoms with Crippen molar-refractivity contribution in [2.75, 3.05) is 6.54 Å². The molecule has 0 saturated heterocycles. The monoisotopic (exact) mass is 290 g/mol. The van der Waals surface area contributed by atoms with Crippen LogP contribution in [0.1, 0.15) is 43.4 Å². The Morgan fingerprint density at radius 2 is 1.90 bits per heavy atom. The van der Waals surface area contributed by atoms with Crippen molar-refractivity contribution in [3.8, 4) is 0 Å². The number of aromatic nitrogens is 1. The lowest BCUT2D eigenvalue weighted by Gasteiger charge is -2.55. The molecule has 4 fully saturated rings. The Labute approximate surface area is 124 Å². The molecule has 108 valence electrons.